The molecule has 2 saturated heterocycles. The molecule has 0 radical (unpaired) electrons. The molecule has 3 heteroatoms. The van der Waals surface area contributed by atoms with Crippen molar-refractivity contribution in [1.82, 2.24) is 10.2 Å². The summed E-state index contributed by atoms with van der Waals surface area (Å²) in [6.45, 7) is 2.63. The van der Waals surface area contributed by atoms with E-state index in [1.165, 1.54) is 67.2 Å². The maximum atomic E-state index is 4.00. The van der Waals surface area contributed by atoms with Crippen molar-refractivity contribution in [1.29, 1.82) is 0 Å². The fourth-order valence-corrected chi connectivity index (χ4v) is 5.06. The normalized spacial score (nSPS) is 33.1. The zero-order chi connectivity index (χ0) is 13.5. The molecular formula is C17H23BrN2. The summed E-state index contributed by atoms with van der Waals surface area (Å²) < 4.78 is 1.30. The highest BCUT2D eigenvalue weighted by Gasteiger charge is 2.37. The molecule has 1 aromatic rings. The van der Waals surface area contributed by atoms with Gasteiger partial charge in [-0.15, -0.1) is 0 Å². The monoisotopic (exact) mass is 334 g/mol. The van der Waals surface area contributed by atoms with Crippen LogP contribution in [-0.2, 0) is 6.42 Å². The van der Waals surface area contributed by atoms with Gasteiger partial charge in [0.05, 0.1) is 0 Å². The lowest BCUT2D eigenvalue weighted by molar-refractivity contribution is 0.176. The number of piperidine rings is 1. The van der Waals surface area contributed by atoms with Crippen LogP contribution in [-0.4, -0.2) is 30.1 Å². The molecule has 2 fully saturated rings. The topological polar surface area (TPSA) is 15.3 Å². The van der Waals surface area contributed by atoms with E-state index in [-0.39, 0.29) is 0 Å². The number of benzene rings is 1. The SMILES string of the molecule is Brc1cccc2c1CCC2NC1CCN2CCCCC12. The second kappa shape index (κ2) is 5.43. The van der Waals surface area contributed by atoms with E-state index in [0.29, 0.717) is 12.1 Å². The molecule has 1 N–H and O–H groups in total. The van der Waals surface area contributed by atoms with E-state index in [1.54, 1.807) is 0 Å². The number of halogens is 1. The van der Waals surface area contributed by atoms with Crippen LogP contribution in [0.25, 0.3) is 0 Å². The van der Waals surface area contributed by atoms with Crippen LogP contribution < -0.4 is 5.32 Å². The lowest BCUT2D eigenvalue weighted by atomic mass is 9.97. The van der Waals surface area contributed by atoms with Gasteiger partial charge in [0.25, 0.3) is 0 Å². The van der Waals surface area contributed by atoms with Gasteiger partial charge in [-0.2, -0.15) is 0 Å². The van der Waals surface area contributed by atoms with Crippen LogP contribution >= 0.6 is 15.9 Å². The molecule has 3 aliphatic rings. The van der Waals surface area contributed by atoms with Crippen molar-refractivity contribution in [3.8, 4) is 0 Å². The number of fused-ring (bicyclic) bond motifs is 2. The average Bonchev–Trinajstić information content (AvgIpc) is 3.06. The van der Waals surface area contributed by atoms with E-state index in [2.05, 4.69) is 44.3 Å². The molecule has 0 spiro atoms. The predicted octanol–water partition coefficient (Wildman–Crippen LogP) is 3.65. The molecule has 20 heavy (non-hydrogen) atoms. The summed E-state index contributed by atoms with van der Waals surface area (Å²) in [7, 11) is 0. The Kier molecular flexibility index (Phi) is 3.61. The van der Waals surface area contributed by atoms with Gasteiger partial charge in [0.1, 0.15) is 0 Å². The Morgan fingerprint density at radius 2 is 2.05 bits per heavy atom. The molecule has 0 bridgehead atoms. The number of rotatable bonds is 2. The molecule has 3 atom stereocenters. The van der Waals surface area contributed by atoms with Crippen LogP contribution in [0.4, 0.5) is 0 Å². The van der Waals surface area contributed by atoms with E-state index in [1.807, 2.05) is 0 Å². The molecule has 0 saturated carbocycles. The van der Waals surface area contributed by atoms with Crippen LogP contribution in [0, 0.1) is 0 Å². The van der Waals surface area contributed by atoms with E-state index in [4.69, 9.17) is 0 Å². The summed E-state index contributed by atoms with van der Waals surface area (Å²) in [5.41, 5.74) is 3.07. The van der Waals surface area contributed by atoms with Crippen molar-refractivity contribution >= 4 is 15.9 Å². The smallest absolute Gasteiger partial charge is 0.0329 e. The quantitative estimate of drug-likeness (QED) is 0.887. The lowest BCUT2D eigenvalue weighted by Crippen LogP contribution is -2.45. The summed E-state index contributed by atoms with van der Waals surface area (Å²) >= 11 is 3.71. The summed E-state index contributed by atoms with van der Waals surface area (Å²) in [6.07, 6.45) is 8.05. The third-order valence-electron chi connectivity index (χ3n) is 5.48. The summed E-state index contributed by atoms with van der Waals surface area (Å²) in [5.74, 6) is 0. The fourth-order valence-electron chi connectivity index (χ4n) is 4.48. The first-order valence-electron chi connectivity index (χ1n) is 8.10. The minimum Gasteiger partial charge on any atom is -0.306 e. The first kappa shape index (κ1) is 13.3. The number of hydrogen-bond donors (Lipinski definition) is 1. The van der Waals surface area contributed by atoms with Crippen LogP contribution in [0.15, 0.2) is 22.7 Å². The molecule has 2 heterocycles. The summed E-state index contributed by atoms with van der Waals surface area (Å²) in [6, 6.07) is 8.78. The van der Waals surface area contributed by atoms with E-state index < -0.39 is 0 Å². The molecule has 2 nitrogen and oxygen atoms in total. The first-order chi connectivity index (χ1) is 9.83. The molecule has 1 aliphatic carbocycles. The van der Waals surface area contributed by atoms with Gasteiger partial charge in [0.2, 0.25) is 0 Å². The Balaban J connectivity index is 1.50. The maximum absolute atomic E-state index is 4.00. The van der Waals surface area contributed by atoms with Crippen LogP contribution in [0.3, 0.4) is 0 Å². The zero-order valence-electron chi connectivity index (χ0n) is 11.9. The third kappa shape index (κ3) is 2.24. The second-order valence-electron chi connectivity index (χ2n) is 6.56. The van der Waals surface area contributed by atoms with Crippen molar-refractivity contribution < 1.29 is 0 Å². The minimum absolute atomic E-state index is 0.578. The van der Waals surface area contributed by atoms with Crippen molar-refractivity contribution in [3.63, 3.8) is 0 Å². The van der Waals surface area contributed by atoms with Gasteiger partial charge < -0.3 is 5.32 Å². The zero-order valence-corrected chi connectivity index (χ0v) is 13.5. The third-order valence-corrected chi connectivity index (χ3v) is 6.23. The van der Waals surface area contributed by atoms with Crippen molar-refractivity contribution in [2.45, 2.75) is 56.7 Å². The molecule has 2 aliphatic heterocycles. The highest BCUT2D eigenvalue weighted by Crippen LogP contribution is 2.37. The van der Waals surface area contributed by atoms with Gasteiger partial charge in [-0.25, -0.2) is 0 Å². The molecule has 1 aromatic carbocycles. The molecule has 4 rings (SSSR count). The van der Waals surface area contributed by atoms with Gasteiger partial charge in [-0.1, -0.05) is 34.5 Å². The van der Waals surface area contributed by atoms with Crippen molar-refractivity contribution in [2.24, 2.45) is 0 Å². The van der Waals surface area contributed by atoms with E-state index in [0.717, 1.165) is 6.04 Å². The van der Waals surface area contributed by atoms with Gasteiger partial charge >= 0.3 is 0 Å². The Labute approximate surface area is 130 Å². The summed E-state index contributed by atoms with van der Waals surface area (Å²) in [5, 5.41) is 4.00. The average molecular weight is 335 g/mol. The lowest BCUT2D eigenvalue weighted by Gasteiger charge is -2.34. The van der Waals surface area contributed by atoms with Crippen LogP contribution in [0.1, 0.15) is 49.3 Å². The largest absolute Gasteiger partial charge is 0.306 e. The maximum Gasteiger partial charge on any atom is 0.0329 e. The van der Waals surface area contributed by atoms with E-state index >= 15 is 0 Å². The highest BCUT2D eigenvalue weighted by atomic mass is 79.9. The Bertz CT molecular complexity index is 502. The van der Waals surface area contributed by atoms with Crippen LogP contribution in [0.5, 0.6) is 0 Å². The Morgan fingerprint density at radius 3 is 3.00 bits per heavy atom. The number of nitrogens with zero attached hydrogens (tertiary/aromatic N) is 1. The molecular weight excluding hydrogens is 312 g/mol. The number of nitrogens with one attached hydrogen (secondary N) is 1. The Morgan fingerprint density at radius 1 is 1.10 bits per heavy atom. The predicted molar refractivity (Wildman–Crippen MR) is 86.0 cm³/mol. The first-order valence-corrected chi connectivity index (χ1v) is 8.89. The van der Waals surface area contributed by atoms with Gasteiger partial charge in [0, 0.05) is 29.1 Å². The number of hydrogen-bond acceptors (Lipinski definition) is 2. The van der Waals surface area contributed by atoms with Gasteiger partial charge in [-0.05, 0) is 55.8 Å². The van der Waals surface area contributed by atoms with Gasteiger partial charge in [0.15, 0.2) is 0 Å². The molecule has 0 aromatic heterocycles. The summed E-state index contributed by atoms with van der Waals surface area (Å²) in [4.78, 5) is 2.72. The molecule has 3 unspecified atom stereocenters. The van der Waals surface area contributed by atoms with Crippen molar-refractivity contribution in [2.75, 3.05) is 13.1 Å². The fraction of sp³-hybridized carbons (Fsp3) is 0.647. The minimum atomic E-state index is 0.578. The molecule has 0 amide bonds. The van der Waals surface area contributed by atoms with Gasteiger partial charge in [-0.3, -0.25) is 4.90 Å². The second-order valence-corrected chi connectivity index (χ2v) is 7.41. The Hall–Kier alpha value is -0.380. The molecule has 108 valence electrons. The van der Waals surface area contributed by atoms with E-state index in [9.17, 15) is 0 Å². The highest BCUT2D eigenvalue weighted by molar-refractivity contribution is 9.10. The van der Waals surface area contributed by atoms with Crippen LogP contribution in [0.2, 0.25) is 0 Å². The standard InChI is InChI=1S/C17H23BrN2/c18-14-5-3-4-13-12(14)7-8-15(13)19-16-9-11-20-10-2-1-6-17(16)20/h3-5,15-17,19H,1-2,6-11H2. The van der Waals surface area contributed by atoms with Crippen molar-refractivity contribution in [3.05, 3.63) is 33.8 Å².